The molecule has 2 N–H and O–H groups in total. The van der Waals surface area contributed by atoms with Gasteiger partial charge in [0.1, 0.15) is 5.82 Å². The molecule has 2 rings (SSSR count). The molecule has 0 radical (unpaired) electrons. The van der Waals surface area contributed by atoms with Gasteiger partial charge in [-0.15, -0.1) is 0 Å². The van der Waals surface area contributed by atoms with E-state index in [1.165, 1.54) is 18.2 Å². The van der Waals surface area contributed by atoms with Crippen molar-refractivity contribution in [3.05, 3.63) is 35.1 Å². The van der Waals surface area contributed by atoms with Crippen molar-refractivity contribution in [1.29, 1.82) is 0 Å². The lowest BCUT2D eigenvalue weighted by atomic mass is 10.1. The predicted molar refractivity (Wildman–Crippen MR) is 70.0 cm³/mol. The first-order valence-corrected chi connectivity index (χ1v) is 6.38. The van der Waals surface area contributed by atoms with Gasteiger partial charge >= 0.3 is 0 Å². The van der Waals surface area contributed by atoms with Crippen molar-refractivity contribution >= 4 is 5.91 Å². The van der Waals surface area contributed by atoms with Gasteiger partial charge in [-0.3, -0.25) is 4.79 Å². The highest BCUT2D eigenvalue weighted by Crippen LogP contribution is 2.27. The highest BCUT2D eigenvalue weighted by atomic mass is 19.1. The molecule has 1 saturated carbocycles. The lowest BCUT2D eigenvalue weighted by molar-refractivity contribution is 0.0951. The van der Waals surface area contributed by atoms with Crippen molar-refractivity contribution in [2.45, 2.75) is 19.3 Å². The first kappa shape index (κ1) is 13.6. The maximum atomic E-state index is 13.2. The van der Waals surface area contributed by atoms with Gasteiger partial charge < -0.3 is 10.4 Å². The summed E-state index contributed by atoms with van der Waals surface area (Å²) in [6.07, 6.45) is 2.62. The van der Waals surface area contributed by atoms with E-state index >= 15 is 0 Å². The summed E-state index contributed by atoms with van der Waals surface area (Å²) in [4.78, 5) is 12.0. The Morgan fingerprint density at radius 2 is 2.26 bits per heavy atom. The topological polar surface area (TPSA) is 49.3 Å². The summed E-state index contributed by atoms with van der Waals surface area (Å²) >= 11 is 0. The first-order valence-electron chi connectivity index (χ1n) is 6.38. The van der Waals surface area contributed by atoms with Crippen LogP contribution in [0.3, 0.4) is 0 Å². The maximum Gasteiger partial charge on any atom is 0.252 e. The minimum Gasteiger partial charge on any atom is -0.395 e. The molecule has 0 spiro atoms. The number of carbonyl (C=O) groups excluding carboxylic acids is 1. The molecule has 0 atom stereocenters. The second kappa shape index (κ2) is 6.35. The zero-order chi connectivity index (χ0) is 13.7. The summed E-state index contributed by atoms with van der Waals surface area (Å²) in [7, 11) is 0. The Balaban J connectivity index is 2.13. The number of hydrogen-bond donors (Lipinski definition) is 2. The Kier molecular flexibility index (Phi) is 4.53. The molecule has 100 valence electrons. The molecule has 0 bridgehead atoms. The van der Waals surface area contributed by atoms with Crippen LogP contribution < -0.4 is 5.32 Å². The van der Waals surface area contributed by atoms with Crippen LogP contribution in [0.4, 0.5) is 4.39 Å². The number of aliphatic hydroxyl groups is 1. The highest BCUT2D eigenvalue weighted by molar-refractivity contribution is 5.96. The lowest BCUT2D eigenvalue weighted by Crippen LogP contribution is -2.26. The minimum absolute atomic E-state index is 0.0501. The monoisotopic (exact) mass is 261 g/mol. The normalized spacial score (nSPS) is 13.6. The largest absolute Gasteiger partial charge is 0.395 e. The first-order chi connectivity index (χ1) is 9.20. The zero-order valence-corrected chi connectivity index (χ0v) is 10.6. The fraction of sp³-hybridized carbons (Fsp3) is 0.400. The van der Waals surface area contributed by atoms with E-state index in [1.54, 1.807) is 0 Å². The molecule has 0 unspecified atom stereocenters. The van der Waals surface area contributed by atoms with Crippen molar-refractivity contribution in [3.8, 4) is 11.8 Å². The molecule has 0 heterocycles. The molecule has 1 amide bonds. The van der Waals surface area contributed by atoms with Gasteiger partial charge in [-0.25, -0.2) is 4.39 Å². The van der Waals surface area contributed by atoms with E-state index in [2.05, 4.69) is 17.2 Å². The van der Waals surface area contributed by atoms with E-state index in [4.69, 9.17) is 5.11 Å². The number of amides is 1. The van der Waals surface area contributed by atoms with Crippen LogP contribution in [0.25, 0.3) is 0 Å². The number of halogens is 1. The van der Waals surface area contributed by atoms with Crippen molar-refractivity contribution in [2.24, 2.45) is 5.92 Å². The third-order valence-electron chi connectivity index (χ3n) is 2.93. The molecule has 3 nitrogen and oxygen atoms in total. The Hall–Kier alpha value is -1.86. The van der Waals surface area contributed by atoms with Gasteiger partial charge in [0.2, 0.25) is 0 Å². The molecular weight excluding hydrogens is 245 g/mol. The number of aliphatic hydroxyl groups excluding tert-OH is 1. The number of rotatable bonds is 4. The van der Waals surface area contributed by atoms with Crippen molar-refractivity contribution < 1.29 is 14.3 Å². The summed E-state index contributed by atoms with van der Waals surface area (Å²) in [5.41, 5.74) is 0.745. The number of benzene rings is 1. The Morgan fingerprint density at radius 1 is 1.47 bits per heavy atom. The Morgan fingerprint density at radius 3 is 2.95 bits per heavy atom. The molecule has 0 saturated heterocycles. The summed E-state index contributed by atoms with van der Waals surface area (Å²) in [6, 6.07) is 3.94. The molecular formula is C15H16FNO2. The van der Waals surface area contributed by atoms with Crippen molar-refractivity contribution in [2.75, 3.05) is 13.2 Å². The SMILES string of the molecule is O=C(NCC1CC1)c1ccc(F)cc1C#CCCO. The van der Waals surface area contributed by atoms with Crippen LogP contribution in [0, 0.1) is 23.6 Å². The second-order valence-electron chi connectivity index (χ2n) is 4.62. The quantitative estimate of drug-likeness (QED) is 0.810. The fourth-order valence-electron chi connectivity index (χ4n) is 1.69. The van der Waals surface area contributed by atoms with E-state index in [9.17, 15) is 9.18 Å². The van der Waals surface area contributed by atoms with Gasteiger partial charge in [-0.05, 0) is 37.0 Å². The molecule has 1 aliphatic rings. The zero-order valence-electron chi connectivity index (χ0n) is 10.6. The van der Waals surface area contributed by atoms with Gasteiger partial charge in [-0.1, -0.05) is 11.8 Å². The smallest absolute Gasteiger partial charge is 0.252 e. The average molecular weight is 261 g/mol. The van der Waals surface area contributed by atoms with Gasteiger partial charge in [0, 0.05) is 18.5 Å². The van der Waals surface area contributed by atoms with Gasteiger partial charge in [-0.2, -0.15) is 0 Å². The number of hydrogen-bond acceptors (Lipinski definition) is 2. The van der Waals surface area contributed by atoms with Crippen LogP contribution in [-0.4, -0.2) is 24.2 Å². The molecule has 1 fully saturated rings. The van der Waals surface area contributed by atoms with E-state index in [0.717, 1.165) is 12.8 Å². The van der Waals surface area contributed by atoms with Crippen LogP contribution in [0.1, 0.15) is 35.2 Å². The lowest BCUT2D eigenvalue weighted by Gasteiger charge is -2.06. The molecule has 1 aliphatic carbocycles. The third-order valence-corrected chi connectivity index (χ3v) is 2.93. The Bertz CT molecular complexity index is 527. The van der Waals surface area contributed by atoms with Crippen molar-refractivity contribution in [1.82, 2.24) is 5.32 Å². The minimum atomic E-state index is -0.424. The van der Waals surface area contributed by atoms with Crippen molar-refractivity contribution in [3.63, 3.8) is 0 Å². The summed E-state index contributed by atoms with van der Waals surface area (Å²) in [5, 5.41) is 11.5. The molecule has 19 heavy (non-hydrogen) atoms. The second-order valence-corrected chi connectivity index (χ2v) is 4.62. The Labute approximate surface area is 111 Å². The van der Waals surface area contributed by atoms with E-state index < -0.39 is 5.82 Å². The third kappa shape index (κ3) is 4.08. The fourth-order valence-corrected chi connectivity index (χ4v) is 1.69. The van der Waals surface area contributed by atoms with Crippen LogP contribution >= 0.6 is 0 Å². The molecule has 0 aromatic heterocycles. The van der Waals surface area contributed by atoms with Crippen LogP contribution in [0.5, 0.6) is 0 Å². The molecule has 1 aromatic carbocycles. The van der Waals surface area contributed by atoms with E-state index in [1.807, 2.05) is 0 Å². The highest BCUT2D eigenvalue weighted by Gasteiger charge is 2.22. The summed E-state index contributed by atoms with van der Waals surface area (Å²) < 4.78 is 13.2. The summed E-state index contributed by atoms with van der Waals surface area (Å²) in [5.74, 6) is 5.38. The standard InChI is InChI=1S/C15H16FNO2/c16-13-6-7-14(12(9-13)3-1-2-8-18)15(19)17-10-11-4-5-11/h6-7,9,11,18H,2,4-5,8,10H2,(H,17,19). The molecule has 0 aliphatic heterocycles. The number of carbonyl (C=O) groups is 1. The van der Waals surface area contributed by atoms with Gasteiger partial charge in [0.05, 0.1) is 12.2 Å². The van der Waals surface area contributed by atoms with Gasteiger partial charge in [0.15, 0.2) is 0 Å². The van der Waals surface area contributed by atoms with E-state index in [-0.39, 0.29) is 12.5 Å². The maximum absolute atomic E-state index is 13.2. The van der Waals surface area contributed by atoms with Gasteiger partial charge in [0.25, 0.3) is 5.91 Å². The van der Waals surface area contributed by atoms with Crippen LogP contribution in [-0.2, 0) is 0 Å². The number of nitrogens with one attached hydrogen (secondary N) is 1. The molecule has 4 heteroatoms. The summed E-state index contributed by atoms with van der Waals surface area (Å²) in [6.45, 7) is 0.616. The van der Waals surface area contributed by atoms with Crippen LogP contribution in [0.15, 0.2) is 18.2 Å². The molecule has 1 aromatic rings. The average Bonchev–Trinajstić information content (AvgIpc) is 3.20. The van der Waals surface area contributed by atoms with E-state index in [0.29, 0.717) is 30.0 Å². The predicted octanol–water partition coefficient (Wildman–Crippen LogP) is 1.70. The van der Waals surface area contributed by atoms with Crippen LogP contribution in [0.2, 0.25) is 0 Å².